The standard InChI is InChI=1S/C13H14N2O3S/c16-10-13(11-5-2-1-3-6-11)15-19(17,18)12-7-4-8-14-9-12/h1-9,13,15-16H,10H2/t13-/m0/s1. The number of hydrogen-bond acceptors (Lipinski definition) is 4. The molecular formula is C13H14N2O3S. The molecule has 5 nitrogen and oxygen atoms in total. The lowest BCUT2D eigenvalue weighted by Gasteiger charge is -2.16. The summed E-state index contributed by atoms with van der Waals surface area (Å²) < 4.78 is 26.7. The van der Waals surface area contributed by atoms with E-state index in [1.165, 1.54) is 18.5 Å². The summed E-state index contributed by atoms with van der Waals surface area (Å²) in [5.41, 5.74) is 0.706. The fourth-order valence-electron chi connectivity index (χ4n) is 1.66. The Morgan fingerprint density at radius 1 is 1.16 bits per heavy atom. The zero-order valence-corrected chi connectivity index (χ0v) is 10.9. The van der Waals surface area contributed by atoms with Gasteiger partial charge in [0, 0.05) is 12.4 Å². The van der Waals surface area contributed by atoms with Gasteiger partial charge in [0.15, 0.2) is 0 Å². The maximum atomic E-state index is 12.1. The highest BCUT2D eigenvalue weighted by molar-refractivity contribution is 7.89. The molecule has 0 radical (unpaired) electrons. The molecule has 0 unspecified atom stereocenters. The van der Waals surface area contributed by atoms with Crippen molar-refractivity contribution in [2.75, 3.05) is 6.61 Å². The Balaban J connectivity index is 2.24. The molecule has 0 bridgehead atoms. The van der Waals surface area contributed by atoms with Crippen LogP contribution < -0.4 is 4.72 Å². The van der Waals surface area contributed by atoms with Crippen molar-refractivity contribution in [1.29, 1.82) is 0 Å². The molecule has 6 heteroatoms. The van der Waals surface area contributed by atoms with Gasteiger partial charge in [0.2, 0.25) is 10.0 Å². The predicted octanol–water partition coefficient (Wildman–Crippen LogP) is 1.09. The second-order valence-electron chi connectivity index (χ2n) is 3.96. The van der Waals surface area contributed by atoms with E-state index in [9.17, 15) is 13.5 Å². The Hall–Kier alpha value is -1.76. The van der Waals surface area contributed by atoms with Crippen LogP contribution in [0.15, 0.2) is 59.8 Å². The largest absolute Gasteiger partial charge is 0.394 e. The van der Waals surface area contributed by atoms with Crippen LogP contribution in [0, 0.1) is 0 Å². The summed E-state index contributed by atoms with van der Waals surface area (Å²) >= 11 is 0. The highest BCUT2D eigenvalue weighted by Crippen LogP contribution is 2.16. The number of nitrogens with one attached hydrogen (secondary N) is 1. The monoisotopic (exact) mass is 278 g/mol. The van der Waals surface area contributed by atoms with Crippen LogP contribution in [0.4, 0.5) is 0 Å². The van der Waals surface area contributed by atoms with Gasteiger partial charge in [0.25, 0.3) is 0 Å². The van der Waals surface area contributed by atoms with Crippen molar-refractivity contribution in [3.05, 3.63) is 60.4 Å². The third kappa shape index (κ3) is 3.37. The molecule has 2 N–H and O–H groups in total. The number of aromatic nitrogens is 1. The number of pyridine rings is 1. The van der Waals surface area contributed by atoms with E-state index in [0.29, 0.717) is 5.56 Å². The summed E-state index contributed by atoms with van der Waals surface area (Å²) in [6.07, 6.45) is 2.77. The molecule has 0 saturated carbocycles. The first kappa shape index (κ1) is 13.7. The van der Waals surface area contributed by atoms with E-state index in [1.807, 2.05) is 6.07 Å². The SMILES string of the molecule is O=S(=O)(N[C@@H](CO)c1ccccc1)c1cccnc1. The van der Waals surface area contributed by atoms with Crippen LogP contribution in [-0.4, -0.2) is 25.1 Å². The summed E-state index contributed by atoms with van der Waals surface area (Å²) in [6, 6.07) is 11.2. The van der Waals surface area contributed by atoms with Gasteiger partial charge in [-0.05, 0) is 17.7 Å². The molecule has 0 saturated heterocycles. The molecule has 0 amide bonds. The summed E-state index contributed by atoms with van der Waals surface area (Å²) in [6.45, 7) is -0.316. The van der Waals surface area contributed by atoms with Gasteiger partial charge in [0.05, 0.1) is 12.6 Å². The zero-order chi connectivity index (χ0) is 13.7. The molecule has 1 heterocycles. The zero-order valence-electron chi connectivity index (χ0n) is 10.1. The minimum atomic E-state index is -3.69. The molecule has 100 valence electrons. The Labute approximate surface area is 112 Å². The Bertz CT molecular complexity index is 615. The number of sulfonamides is 1. The van der Waals surface area contributed by atoms with E-state index < -0.39 is 16.1 Å². The average Bonchev–Trinajstić information content (AvgIpc) is 2.47. The van der Waals surface area contributed by atoms with E-state index in [2.05, 4.69) is 9.71 Å². The van der Waals surface area contributed by atoms with E-state index >= 15 is 0 Å². The number of hydrogen-bond donors (Lipinski definition) is 2. The van der Waals surface area contributed by atoms with Gasteiger partial charge < -0.3 is 5.11 Å². The van der Waals surface area contributed by atoms with E-state index in [4.69, 9.17) is 0 Å². The summed E-state index contributed by atoms with van der Waals surface area (Å²) in [5, 5.41) is 9.35. The van der Waals surface area contributed by atoms with E-state index in [1.54, 1.807) is 30.3 Å². The maximum Gasteiger partial charge on any atom is 0.242 e. The Morgan fingerprint density at radius 2 is 1.89 bits per heavy atom. The summed E-state index contributed by atoms with van der Waals surface area (Å²) in [5.74, 6) is 0. The molecule has 0 spiro atoms. The first-order valence-corrected chi connectivity index (χ1v) is 7.20. The fourth-order valence-corrected chi connectivity index (χ4v) is 2.84. The van der Waals surface area contributed by atoms with Crippen LogP contribution >= 0.6 is 0 Å². The third-order valence-corrected chi connectivity index (χ3v) is 4.08. The number of benzene rings is 1. The molecule has 1 atom stereocenters. The van der Waals surface area contributed by atoms with Gasteiger partial charge in [0.1, 0.15) is 4.90 Å². The number of aliphatic hydroxyl groups is 1. The van der Waals surface area contributed by atoms with Gasteiger partial charge in [-0.3, -0.25) is 4.98 Å². The average molecular weight is 278 g/mol. The molecule has 1 aromatic carbocycles. The van der Waals surface area contributed by atoms with Gasteiger partial charge in [-0.2, -0.15) is 0 Å². The smallest absolute Gasteiger partial charge is 0.242 e. The van der Waals surface area contributed by atoms with Crippen LogP contribution in [0.2, 0.25) is 0 Å². The molecule has 0 fully saturated rings. The number of aliphatic hydroxyl groups excluding tert-OH is 1. The van der Waals surface area contributed by atoms with Crippen molar-refractivity contribution >= 4 is 10.0 Å². The Morgan fingerprint density at radius 3 is 2.47 bits per heavy atom. The van der Waals surface area contributed by atoms with Crippen LogP contribution in [0.3, 0.4) is 0 Å². The lowest BCUT2D eigenvalue weighted by Crippen LogP contribution is -2.30. The first-order chi connectivity index (χ1) is 9.13. The van der Waals surface area contributed by atoms with Crippen molar-refractivity contribution in [2.45, 2.75) is 10.9 Å². The van der Waals surface area contributed by atoms with Crippen molar-refractivity contribution in [3.63, 3.8) is 0 Å². The van der Waals surface area contributed by atoms with Crippen molar-refractivity contribution in [2.24, 2.45) is 0 Å². The predicted molar refractivity (Wildman–Crippen MR) is 70.8 cm³/mol. The van der Waals surface area contributed by atoms with E-state index in [-0.39, 0.29) is 11.5 Å². The molecule has 2 aromatic rings. The van der Waals surface area contributed by atoms with Crippen molar-refractivity contribution in [3.8, 4) is 0 Å². The minimum Gasteiger partial charge on any atom is -0.394 e. The van der Waals surface area contributed by atoms with Crippen LogP contribution in [0.25, 0.3) is 0 Å². The number of rotatable bonds is 5. The summed E-state index contributed by atoms with van der Waals surface area (Å²) in [4.78, 5) is 3.85. The summed E-state index contributed by atoms with van der Waals surface area (Å²) in [7, 11) is -3.69. The molecule has 1 aromatic heterocycles. The topological polar surface area (TPSA) is 79.3 Å². The normalized spacial score (nSPS) is 13.1. The quantitative estimate of drug-likeness (QED) is 0.858. The van der Waals surface area contributed by atoms with Gasteiger partial charge in [-0.15, -0.1) is 0 Å². The maximum absolute atomic E-state index is 12.1. The van der Waals surface area contributed by atoms with Gasteiger partial charge >= 0.3 is 0 Å². The fraction of sp³-hybridized carbons (Fsp3) is 0.154. The molecule has 19 heavy (non-hydrogen) atoms. The van der Waals surface area contributed by atoms with Crippen molar-refractivity contribution < 1.29 is 13.5 Å². The van der Waals surface area contributed by atoms with E-state index in [0.717, 1.165) is 0 Å². The molecule has 0 aliphatic heterocycles. The molecule has 0 aliphatic carbocycles. The van der Waals surface area contributed by atoms with Crippen LogP contribution in [-0.2, 0) is 10.0 Å². The minimum absolute atomic E-state index is 0.0735. The first-order valence-electron chi connectivity index (χ1n) is 5.71. The molecule has 0 aliphatic rings. The number of nitrogens with zero attached hydrogens (tertiary/aromatic N) is 1. The second-order valence-corrected chi connectivity index (χ2v) is 5.67. The van der Waals surface area contributed by atoms with Gasteiger partial charge in [-0.25, -0.2) is 13.1 Å². The van der Waals surface area contributed by atoms with Crippen LogP contribution in [0.5, 0.6) is 0 Å². The third-order valence-electron chi connectivity index (χ3n) is 2.63. The lowest BCUT2D eigenvalue weighted by atomic mass is 10.1. The van der Waals surface area contributed by atoms with Crippen LogP contribution in [0.1, 0.15) is 11.6 Å². The van der Waals surface area contributed by atoms with Gasteiger partial charge in [-0.1, -0.05) is 30.3 Å². The molecular weight excluding hydrogens is 264 g/mol. The Kier molecular flexibility index (Phi) is 4.26. The highest BCUT2D eigenvalue weighted by atomic mass is 32.2. The van der Waals surface area contributed by atoms with Crippen molar-refractivity contribution in [1.82, 2.24) is 9.71 Å². The highest BCUT2D eigenvalue weighted by Gasteiger charge is 2.20. The second kappa shape index (κ2) is 5.92. The molecule has 2 rings (SSSR count). The lowest BCUT2D eigenvalue weighted by molar-refractivity contribution is 0.259.